The Labute approximate surface area is 160 Å². The number of hydrogen-bond donors (Lipinski definition) is 0. The van der Waals surface area contributed by atoms with E-state index in [2.05, 4.69) is 16.6 Å². The number of amides is 1. The number of nitrogens with zero attached hydrogens (tertiary/aromatic N) is 2. The summed E-state index contributed by atoms with van der Waals surface area (Å²) in [4.78, 5) is 17.1. The number of unbranched alkanes of at least 4 members (excludes halogenated alkanes) is 3. The van der Waals surface area contributed by atoms with Crippen LogP contribution in [0.1, 0.15) is 43.0 Å². The Kier molecular flexibility index (Phi) is 9.48. The second-order valence-corrected chi connectivity index (χ2v) is 6.68. The average Bonchev–Trinajstić information content (AvgIpc) is 2.68. The molecule has 0 radical (unpaired) electrons. The molecule has 0 N–H and O–H groups in total. The maximum absolute atomic E-state index is 13.0. The number of para-hydroxylation sites is 1. The van der Waals surface area contributed by atoms with Crippen LogP contribution in [0, 0.1) is 0 Å². The molecule has 5 nitrogen and oxygen atoms in total. The summed E-state index contributed by atoms with van der Waals surface area (Å²) in [5, 5.41) is 0. The second kappa shape index (κ2) is 11.9. The minimum absolute atomic E-state index is 0.0672. The van der Waals surface area contributed by atoms with Crippen molar-refractivity contribution in [3.05, 3.63) is 29.8 Å². The summed E-state index contributed by atoms with van der Waals surface area (Å²) in [6.45, 7) is 4.22. The Morgan fingerprint density at radius 2 is 1.93 bits per heavy atom. The molecule has 1 aliphatic heterocycles. The predicted octanol–water partition coefficient (Wildman–Crippen LogP) is 3.64. The SMILES string of the molecule is CCCCCCN(CCN1CCOCC1)C(=O)c1ccccc1OC(F)F. The third-order valence-corrected chi connectivity index (χ3v) is 4.69. The zero-order valence-electron chi connectivity index (χ0n) is 16.0. The first-order valence-electron chi connectivity index (χ1n) is 9.75. The molecule has 1 amide bonds. The molecule has 1 aromatic carbocycles. The zero-order chi connectivity index (χ0) is 19.5. The van der Waals surface area contributed by atoms with Crippen molar-refractivity contribution in [2.45, 2.75) is 39.2 Å². The molecule has 0 saturated carbocycles. The van der Waals surface area contributed by atoms with Gasteiger partial charge in [0, 0.05) is 32.7 Å². The van der Waals surface area contributed by atoms with Gasteiger partial charge >= 0.3 is 6.61 Å². The van der Waals surface area contributed by atoms with E-state index < -0.39 is 6.61 Å². The van der Waals surface area contributed by atoms with Gasteiger partial charge in [0.1, 0.15) is 5.75 Å². The van der Waals surface area contributed by atoms with Crippen molar-refractivity contribution in [1.82, 2.24) is 9.80 Å². The number of benzene rings is 1. The maximum Gasteiger partial charge on any atom is 0.387 e. The number of morpholine rings is 1. The number of hydrogen-bond acceptors (Lipinski definition) is 4. The molecule has 1 aromatic rings. The van der Waals surface area contributed by atoms with Crippen LogP contribution in [0.15, 0.2) is 24.3 Å². The minimum atomic E-state index is -2.95. The molecule has 0 aromatic heterocycles. The molecule has 27 heavy (non-hydrogen) atoms. The Bertz CT molecular complexity index is 566. The summed E-state index contributed by atoms with van der Waals surface area (Å²) in [6.07, 6.45) is 4.19. The van der Waals surface area contributed by atoms with E-state index in [4.69, 9.17) is 4.74 Å². The summed E-state index contributed by atoms with van der Waals surface area (Å²) in [6, 6.07) is 6.22. The normalized spacial score (nSPS) is 15.1. The molecule has 152 valence electrons. The third-order valence-electron chi connectivity index (χ3n) is 4.69. The molecule has 1 saturated heterocycles. The number of halogens is 2. The first-order valence-corrected chi connectivity index (χ1v) is 9.75. The Balaban J connectivity index is 2.04. The van der Waals surface area contributed by atoms with Gasteiger partial charge < -0.3 is 14.4 Å². The van der Waals surface area contributed by atoms with Gasteiger partial charge in [-0.25, -0.2) is 0 Å². The van der Waals surface area contributed by atoms with Crippen LogP contribution in [-0.2, 0) is 4.74 Å². The number of carbonyl (C=O) groups is 1. The van der Waals surface area contributed by atoms with Crippen LogP contribution in [0.5, 0.6) is 5.75 Å². The summed E-state index contributed by atoms with van der Waals surface area (Å²) >= 11 is 0. The molecule has 7 heteroatoms. The smallest absolute Gasteiger partial charge is 0.387 e. The first kappa shape index (κ1) is 21.6. The van der Waals surface area contributed by atoms with Gasteiger partial charge in [0.05, 0.1) is 18.8 Å². The molecule has 1 fully saturated rings. The van der Waals surface area contributed by atoms with E-state index >= 15 is 0 Å². The Morgan fingerprint density at radius 3 is 2.63 bits per heavy atom. The molecule has 0 bridgehead atoms. The Hall–Kier alpha value is -1.73. The fourth-order valence-corrected chi connectivity index (χ4v) is 3.14. The molecule has 0 atom stereocenters. The molecule has 0 aliphatic carbocycles. The summed E-state index contributed by atoms with van der Waals surface area (Å²) in [5.74, 6) is -0.321. The third kappa shape index (κ3) is 7.42. The highest BCUT2D eigenvalue weighted by Crippen LogP contribution is 2.22. The molecule has 1 heterocycles. The van der Waals surface area contributed by atoms with Gasteiger partial charge in [-0.05, 0) is 18.6 Å². The standard InChI is InChI=1S/C20H30F2N2O3/c1-2-3-4-7-10-24(12-11-23-13-15-26-16-14-23)19(25)17-8-5-6-9-18(17)27-20(21)22/h5-6,8-9,20H,2-4,7,10-16H2,1H3. The monoisotopic (exact) mass is 384 g/mol. The van der Waals surface area contributed by atoms with Crippen LogP contribution >= 0.6 is 0 Å². The van der Waals surface area contributed by atoms with E-state index in [-0.39, 0.29) is 17.2 Å². The number of alkyl halides is 2. The van der Waals surface area contributed by atoms with Gasteiger partial charge in [0.25, 0.3) is 5.91 Å². The van der Waals surface area contributed by atoms with E-state index in [0.717, 1.165) is 45.3 Å². The van der Waals surface area contributed by atoms with E-state index in [1.54, 1.807) is 23.1 Å². The van der Waals surface area contributed by atoms with Crippen molar-refractivity contribution in [3.8, 4) is 5.75 Å². The van der Waals surface area contributed by atoms with Crippen LogP contribution in [0.3, 0.4) is 0 Å². The molecular weight excluding hydrogens is 354 g/mol. The van der Waals surface area contributed by atoms with Crippen molar-refractivity contribution in [2.75, 3.05) is 45.9 Å². The Morgan fingerprint density at radius 1 is 1.19 bits per heavy atom. The van der Waals surface area contributed by atoms with Gasteiger partial charge in [-0.2, -0.15) is 8.78 Å². The van der Waals surface area contributed by atoms with Gasteiger partial charge in [-0.1, -0.05) is 38.3 Å². The van der Waals surface area contributed by atoms with E-state index in [9.17, 15) is 13.6 Å². The van der Waals surface area contributed by atoms with E-state index in [1.807, 2.05) is 0 Å². The lowest BCUT2D eigenvalue weighted by Gasteiger charge is -2.30. The average molecular weight is 384 g/mol. The minimum Gasteiger partial charge on any atom is -0.434 e. The fraction of sp³-hybridized carbons (Fsp3) is 0.650. The van der Waals surface area contributed by atoms with Crippen molar-refractivity contribution in [1.29, 1.82) is 0 Å². The molecule has 0 unspecified atom stereocenters. The van der Waals surface area contributed by atoms with E-state index in [0.29, 0.717) is 26.3 Å². The molecule has 0 spiro atoms. The summed E-state index contributed by atoms with van der Waals surface area (Å²) < 4.78 is 35.3. The highest BCUT2D eigenvalue weighted by atomic mass is 19.3. The van der Waals surface area contributed by atoms with Crippen LogP contribution in [0.25, 0.3) is 0 Å². The number of rotatable bonds is 11. The summed E-state index contributed by atoms with van der Waals surface area (Å²) in [5.41, 5.74) is 0.190. The molecular formula is C20H30F2N2O3. The largest absolute Gasteiger partial charge is 0.434 e. The fourth-order valence-electron chi connectivity index (χ4n) is 3.14. The van der Waals surface area contributed by atoms with Gasteiger partial charge in [0.15, 0.2) is 0 Å². The first-order chi connectivity index (χ1) is 13.1. The van der Waals surface area contributed by atoms with Crippen molar-refractivity contribution in [3.63, 3.8) is 0 Å². The quantitative estimate of drug-likeness (QED) is 0.546. The lowest BCUT2D eigenvalue weighted by molar-refractivity contribution is -0.0502. The van der Waals surface area contributed by atoms with Gasteiger partial charge in [-0.15, -0.1) is 0 Å². The summed E-state index contributed by atoms with van der Waals surface area (Å²) in [7, 11) is 0. The maximum atomic E-state index is 13.0. The van der Waals surface area contributed by atoms with Crippen LogP contribution in [0.2, 0.25) is 0 Å². The van der Waals surface area contributed by atoms with Gasteiger partial charge in [0.2, 0.25) is 0 Å². The lowest BCUT2D eigenvalue weighted by Crippen LogP contribution is -2.43. The van der Waals surface area contributed by atoms with Crippen LogP contribution in [0.4, 0.5) is 8.78 Å². The van der Waals surface area contributed by atoms with Crippen LogP contribution in [-0.4, -0.2) is 68.3 Å². The predicted molar refractivity (Wildman–Crippen MR) is 100 cm³/mol. The van der Waals surface area contributed by atoms with Crippen molar-refractivity contribution < 1.29 is 23.0 Å². The molecule has 1 aliphatic rings. The van der Waals surface area contributed by atoms with Crippen molar-refractivity contribution in [2.24, 2.45) is 0 Å². The van der Waals surface area contributed by atoms with Crippen molar-refractivity contribution >= 4 is 5.91 Å². The topological polar surface area (TPSA) is 42.0 Å². The van der Waals surface area contributed by atoms with Gasteiger partial charge in [-0.3, -0.25) is 9.69 Å². The lowest BCUT2D eigenvalue weighted by atomic mass is 10.1. The number of carbonyl (C=O) groups excluding carboxylic acids is 1. The zero-order valence-corrected chi connectivity index (χ0v) is 16.0. The van der Waals surface area contributed by atoms with Crippen LogP contribution < -0.4 is 4.74 Å². The second-order valence-electron chi connectivity index (χ2n) is 6.68. The van der Waals surface area contributed by atoms with E-state index in [1.165, 1.54) is 6.07 Å². The number of ether oxygens (including phenoxy) is 2. The highest BCUT2D eigenvalue weighted by molar-refractivity contribution is 5.97. The highest BCUT2D eigenvalue weighted by Gasteiger charge is 2.22. The molecule has 2 rings (SSSR count).